The highest BCUT2D eigenvalue weighted by molar-refractivity contribution is 7.89. The molecule has 2 heterocycles. The second-order valence-electron chi connectivity index (χ2n) is 8.61. The average Bonchev–Trinajstić information content (AvgIpc) is 3.22. The van der Waals surface area contributed by atoms with Gasteiger partial charge in [0, 0.05) is 43.8 Å². The topological polar surface area (TPSA) is 131 Å². The number of nitrogens with two attached hydrogens (primary N) is 1. The number of anilines is 5. The highest BCUT2D eigenvalue weighted by Crippen LogP contribution is 2.28. The molecule has 2 aromatic heterocycles. The normalized spacial score (nSPS) is 11.2. The second kappa shape index (κ2) is 11.2. The highest BCUT2D eigenvalue weighted by Gasteiger charge is 2.13. The van der Waals surface area contributed by atoms with E-state index >= 15 is 0 Å². The van der Waals surface area contributed by atoms with Crippen LogP contribution in [0, 0.1) is 5.82 Å². The van der Waals surface area contributed by atoms with Gasteiger partial charge >= 0.3 is 0 Å². The molecule has 10 nitrogen and oxygen atoms in total. The number of hydrogen-bond donors (Lipinski definition) is 3. The number of imidazole rings is 1. The van der Waals surface area contributed by atoms with Gasteiger partial charge in [-0.1, -0.05) is 24.3 Å². The molecule has 0 aliphatic rings. The summed E-state index contributed by atoms with van der Waals surface area (Å²) in [7, 11) is -0.0637. The molecule has 5 aromatic rings. The van der Waals surface area contributed by atoms with Crippen LogP contribution in [0.15, 0.2) is 83.9 Å². The summed E-state index contributed by atoms with van der Waals surface area (Å²) in [5, 5.41) is 11.5. The van der Waals surface area contributed by atoms with Crippen LogP contribution in [0.25, 0.3) is 11.0 Å². The molecule has 0 unspecified atom stereocenters. The van der Waals surface area contributed by atoms with E-state index < -0.39 is 10.0 Å². The lowest BCUT2D eigenvalue weighted by molar-refractivity contribution is 0.598. The van der Waals surface area contributed by atoms with Crippen molar-refractivity contribution in [2.24, 2.45) is 12.2 Å². The van der Waals surface area contributed by atoms with Crippen LogP contribution in [-0.4, -0.2) is 35.0 Å². The lowest BCUT2D eigenvalue weighted by Crippen LogP contribution is -2.13. The molecule has 0 fully saturated rings. The van der Waals surface area contributed by atoms with Gasteiger partial charge in [0.15, 0.2) is 0 Å². The lowest BCUT2D eigenvalue weighted by Gasteiger charge is -2.19. The minimum Gasteiger partial charge on any atom is -0.351 e. The quantitative estimate of drug-likeness (QED) is 0.246. The predicted molar refractivity (Wildman–Crippen MR) is 153 cm³/mol. The van der Waals surface area contributed by atoms with Crippen LogP contribution in [0.2, 0.25) is 0 Å². The van der Waals surface area contributed by atoms with E-state index in [9.17, 15) is 12.8 Å². The van der Waals surface area contributed by atoms with Crippen LogP contribution >= 0.6 is 12.4 Å². The first-order valence-corrected chi connectivity index (χ1v) is 13.1. The number of nitrogens with one attached hydrogen (secondary N) is 2. The Kier molecular flexibility index (Phi) is 8.00. The molecule has 0 saturated heterocycles. The van der Waals surface area contributed by atoms with E-state index in [-0.39, 0.29) is 23.1 Å². The van der Waals surface area contributed by atoms with Gasteiger partial charge in [-0.2, -0.15) is 4.98 Å². The third kappa shape index (κ3) is 6.08. The molecule has 3 aromatic carbocycles. The van der Waals surface area contributed by atoms with E-state index in [1.54, 1.807) is 42.6 Å². The Morgan fingerprint density at radius 2 is 1.82 bits per heavy atom. The van der Waals surface area contributed by atoms with Gasteiger partial charge in [-0.3, -0.25) is 0 Å². The summed E-state index contributed by atoms with van der Waals surface area (Å²) < 4.78 is 39.2. The molecule has 39 heavy (non-hydrogen) atoms. The van der Waals surface area contributed by atoms with Gasteiger partial charge in [0.25, 0.3) is 0 Å². The van der Waals surface area contributed by atoms with Gasteiger partial charge in [0.05, 0.1) is 15.9 Å². The minimum absolute atomic E-state index is 0. The summed E-state index contributed by atoms with van der Waals surface area (Å²) in [6.45, 7) is 0.313. The Labute approximate surface area is 231 Å². The molecular weight excluding hydrogens is 543 g/mol. The number of rotatable bonds is 8. The molecule has 0 aliphatic heterocycles. The zero-order valence-electron chi connectivity index (χ0n) is 21.0. The molecule has 13 heteroatoms. The fourth-order valence-corrected chi connectivity index (χ4v) is 4.54. The third-order valence-electron chi connectivity index (χ3n) is 6.05. The molecule has 0 amide bonds. The molecule has 202 valence electrons. The molecule has 5 rings (SSSR count). The van der Waals surface area contributed by atoms with Crippen LogP contribution in [0.5, 0.6) is 0 Å². The van der Waals surface area contributed by atoms with Crippen molar-refractivity contribution in [2.75, 3.05) is 22.6 Å². The number of primary sulfonamides is 1. The number of halogens is 2. The number of fused-ring (bicyclic) bond motifs is 1. The molecule has 0 atom stereocenters. The van der Waals surface area contributed by atoms with Crippen molar-refractivity contribution < 1.29 is 12.8 Å². The van der Waals surface area contributed by atoms with E-state index in [1.165, 1.54) is 18.2 Å². The SMILES string of the molecule is CN(c1ccc2c(c1)nc(NCc1ccccc1F)n2C)c1ccnc(Nc2cccc(S(N)(=O)=O)c2)n1.Cl. The molecule has 0 radical (unpaired) electrons. The second-order valence-corrected chi connectivity index (χ2v) is 10.2. The van der Waals surface area contributed by atoms with Crippen molar-refractivity contribution in [3.63, 3.8) is 0 Å². The Morgan fingerprint density at radius 3 is 2.59 bits per heavy atom. The summed E-state index contributed by atoms with van der Waals surface area (Å²) in [4.78, 5) is 15.4. The number of hydrogen-bond acceptors (Lipinski definition) is 8. The van der Waals surface area contributed by atoms with E-state index in [1.807, 2.05) is 41.8 Å². The first-order chi connectivity index (χ1) is 18.2. The van der Waals surface area contributed by atoms with Gasteiger partial charge in [-0.25, -0.2) is 27.9 Å². The van der Waals surface area contributed by atoms with Crippen LogP contribution in [-0.2, 0) is 23.6 Å². The fourth-order valence-electron chi connectivity index (χ4n) is 3.98. The molecular formula is C26H26ClFN8O2S. The number of nitrogens with zero attached hydrogens (tertiary/aromatic N) is 5. The predicted octanol–water partition coefficient (Wildman–Crippen LogP) is 4.70. The monoisotopic (exact) mass is 568 g/mol. The van der Waals surface area contributed by atoms with E-state index in [2.05, 4.69) is 20.6 Å². The van der Waals surface area contributed by atoms with Gasteiger partial charge in [-0.05, 0) is 48.5 Å². The Bertz CT molecular complexity index is 1750. The third-order valence-corrected chi connectivity index (χ3v) is 6.96. The molecule has 0 spiro atoms. The molecule has 0 saturated carbocycles. The lowest BCUT2D eigenvalue weighted by atomic mass is 10.2. The van der Waals surface area contributed by atoms with Crippen LogP contribution in [0.1, 0.15) is 5.56 Å². The van der Waals surface area contributed by atoms with Gasteiger partial charge in [0.2, 0.25) is 21.9 Å². The van der Waals surface area contributed by atoms with Gasteiger partial charge in [-0.15, -0.1) is 12.4 Å². The molecule has 4 N–H and O–H groups in total. The maximum absolute atomic E-state index is 14.0. The number of aryl methyl sites for hydroxylation is 1. The van der Waals surface area contributed by atoms with Crippen LogP contribution in [0.3, 0.4) is 0 Å². The summed E-state index contributed by atoms with van der Waals surface area (Å²) in [6.07, 6.45) is 1.61. The van der Waals surface area contributed by atoms with Gasteiger partial charge in [0.1, 0.15) is 11.6 Å². The maximum atomic E-state index is 14.0. The average molecular weight is 569 g/mol. The van der Waals surface area contributed by atoms with E-state index in [4.69, 9.17) is 10.1 Å². The number of aromatic nitrogens is 4. The van der Waals surface area contributed by atoms with Crippen molar-refractivity contribution in [1.82, 2.24) is 19.5 Å². The first-order valence-electron chi connectivity index (χ1n) is 11.6. The largest absolute Gasteiger partial charge is 0.351 e. The Hall–Kier alpha value is -4.26. The Morgan fingerprint density at radius 1 is 1.03 bits per heavy atom. The first kappa shape index (κ1) is 27.8. The Balaban J connectivity index is 0.00000353. The van der Waals surface area contributed by atoms with Crippen LogP contribution < -0.4 is 20.7 Å². The van der Waals surface area contributed by atoms with Gasteiger partial charge < -0.3 is 20.1 Å². The standard InChI is InChI=1S/C26H25FN8O2S.ClH/c1-34(24-12-13-29-25(33-24)31-18-7-5-8-20(14-18)38(28,36)37)19-10-11-23-22(15-19)32-26(35(23)2)30-16-17-6-3-4-9-21(17)27;/h3-15H,16H2,1-2H3,(H,30,32)(H2,28,36,37)(H,29,31,33);1H. The molecule has 0 bridgehead atoms. The minimum atomic E-state index is -3.83. The summed E-state index contributed by atoms with van der Waals surface area (Å²) in [5.74, 6) is 1.26. The maximum Gasteiger partial charge on any atom is 0.238 e. The number of benzene rings is 3. The van der Waals surface area contributed by atoms with Crippen molar-refractivity contribution in [1.29, 1.82) is 0 Å². The zero-order valence-corrected chi connectivity index (χ0v) is 22.7. The highest BCUT2D eigenvalue weighted by atomic mass is 35.5. The van der Waals surface area contributed by atoms with Crippen molar-refractivity contribution >= 4 is 62.6 Å². The fraction of sp³-hybridized carbons (Fsp3) is 0.115. The summed E-state index contributed by atoms with van der Waals surface area (Å²) >= 11 is 0. The zero-order chi connectivity index (χ0) is 26.9. The van der Waals surface area contributed by atoms with E-state index in [0.717, 1.165) is 16.7 Å². The molecule has 0 aliphatic carbocycles. The van der Waals surface area contributed by atoms with Crippen LogP contribution in [0.4, 0.5) is 33.5 Å². The smallest absolute Gasteiger partial charge is 0.238 e. The summed E-state index contributed by atoms with van der Waals surface area (Å²) in [6, 6.07) is 20.4. The summed E-state index contributed by atoms with van der Waals surface area (Å²) in [5.41, 5.74) is 3.57. The number of sulfonamides is 1. The van der Waals surface area contributed by atoms with E-state index in [0.29, 0.717) is 35.5 Å². The van der Waals surface area contributed by atoms with Crippen molar-refractivity contribution in [3.05, 3.63) is 90.4 Å². The van der Waals surface area contributed by atoms with Crippen molar-refractivity contribution in [3.8, 4) is 0 Å². The van der Waals surface area contributed by atoms with Crippen molar-refractivity contribution in [2.45, 2.75) is 11.4 Å².